The van der Waals surface area contributed by atoms with Crippen LogP contribution in [0.3, 0.4) is 0 Å². The molecular weight excluding hydrogens is 296 g/mol. The van der Waals surface area contributed by atoms with Crippen molar-refractivity contribution in [2.24, 2.45) is 0 Å². The number of hydrogen-bond acceptors (Lipinski definition) is 2. The summed E-state index contributed by atoms with van der Waals surface area (Å²) in [5.41, 5.74) is 3.55. The molecule has 1 aliphatic rings. The number of nitrogens with one attached hydrogen (secondary N) is 1. The van der Waals surface area contributed by atoms with Crippen LogP contribution in [-0.4, -0.2) is 19.0 Å². The standard InChI is InChI=1S/C18H19ClN2O/c1-13-4-6-14(7-5-13)18(22)20-15-8-9-17(16(19)12-15)21-10-2-3-11-21/h4-9,12H,2-3,10-11H2,1H3,(H,20,22). The molecule has 22 heavy (non-hydrogen) atoms. The Morgan fingerprint density at radius 2 is 1.77 bits per heavy atom. The quantitative estimate of drug-likeness (QED) is 0.904. The van der Waals surface area contributed by atoms with Gasteiger partial charge in [0, 0.05) is 24.3 Å². The van der Waals surface area contributed by atoms with E-state index >= 15 is 0 Å². The number of anilines is 2. The highest BCUT2D eigenvalue weighted by Gasteiger charge is 2.15. The maximum absolute atomic E-state index is 12.2. The van der Waals surface area contributed by atoms with Gasteiger partial charge in [-0.05, 0) is 50.1 Å². The number of benzene rings is 2. The van der Waals surface area contributed by atoms with Gasteiger partial charge in [-0.15, -0.1) is 0 Å². The Morgan fingerprint density at radius 3 is 2.41 bits per heavy atom. The van der Waals surface area contributed by atoms with E-state index < -0.39 is 0 Å². The van der Waals surface area contributed by atoms with Crippen molar-refractivity contribution in [1.82, 2.24) is 0 Å². The molecule has 0 spiro atoms. The highest BCUT2D eigenvalue weighted by Crippen LogP contribution is 2.31. The molecule has 1 heterocycles. The summed E-state index contributed by atoms with van der Waals surface area (Å²) in [6.07, 6.45) is 2.42. The van der Waals surface area contributed by atoms with Gasteiger partial charge in [0.05, 0.1) is 10.7 Å². The molecule has 1 N–H and O–H groups in total. The van der Waals surface area contributed by atoms with Gasteiger partial charge in [-0.25, -0.2) is 0 Å². The summed E-state index contributed by atoms with van der Waals surface area (Å²) in [6, 6.07) is 13.2. The largest absolute Gasteiger partial charge is 0.370 e. The third kappa shape index (κ3) is 3.25. The van der Waals surface area contributed by atoms with Crippen molar-refractivity contribution in [2.45, 2.75) is 19.8 Å². The van der Waals surface area contributed by atoms with E-state index in [0.29, 0.717) is 10.6 Å². The van der Waals surface area contributed by atoms with Crippen LogP contribution in [0.25, 0.3) is 0 Å². The minimum Gasteiger partial charge on any atom is -0.370 e. The molecule has 0 atom stereocenters. The summed E-state index contributed by atoms with van der Waals surface area (Å²) in [5.74, 6) is -0.120. The van der Waals surface area contributed by atoms with Crippen molar-refractivity contribution in [2.75, 3.05) is 23.3 Å². The smallest absolute Gasteiger partial charge is 0.255 e. The molecule has 2 aromatic rings. The zero-order chi connectivity index (χ0) is 15.5. The predicted molar refractivity (Wildman–Crippen MR) is 92.0 cm³/mol. The van der Waals surface area contributed by atoms with E-state index in [-0.39, 0.29) is 5.91 Å². The first-order valence-electron chi connectivity index (χ1n) is 7.56. The molecule has 3 nitrogen and oxygen atoms in total. The second-order valence-electron chi connectivity index (χ2n) is 5.68. The van der Waals surface area contributed by atoms with Gasteiger partial charge < -0.3 is 10.2 Å². The number of hydrogen-bond donors (Lipinski definition) is 1. The number of rotatable bonds is 3. The first-order valence-corrected chi connectivity index (χ1v) is 7.94. The Hall–Kier alpha value is -2.00. The van der Waals surface area contributed by atoms with Gasteiger partial charge in [-0.2, -0.15) is 0 Å². The number of carbonyl (C=O) groups excluding carboxylic acids is 1. The lowest BCUT2D eigenvalue weighted by Crippen LogP contribution is -2.18. The van der Waals surface area contributed by atoms with E-state index in [4.69, 9.17) is 11.6 Å². The molecule has 0 saturated carbocycles. The maximum atomic E-state index is 12.2. The van der Waals surface area contributed by atoms with Crippen LogP contribution in [0.1, 0.15) is 28.8 Å². The lowest BCUT2D eigenvalue weighted by Gasteiger charge is -2.19. The van der Waals surface area contributed by atoms with E-state index in [2.05, 4.69) is 10.2 Å². The number of halogens is 1. The number of carbonyl (C=O) groups is 1. The Balaban J connectivity index is 1.73. The monoisotopic (exact) mass is 314 g/mol. The summed E-state index contributed by atoms with van der Waals surface area (Å²) in [7, 11) is 0. The number of nitrogens with zero attached hydrogens (tertiary/aromatic N) is 1. The zero-order valence-electron chi connectivity index (χ0n) is 12.6. The van der Waals surface area contributed by atoms with Crippen molar-refractivity contribution < 1.29 is 4.79 Å². The van der Waals surface area contributed by atoms with E-state index in [9.17, 15) is 4.79 Å². The van der Waals surface area contributed by atoms with E-state index in [0.717, 1.165) is 30.0 Å². The molecule has 2 aromatic carbocycles. The van der Waals surface area contributed by atoms with Crippen molar-refractivity contribution in [1.29, 1.82) is 0 Å². The Labute approximate surface area is 135 Å². The summed E-state index contributed by atoms with van der Waals surface area (Å²) >= 11 is 6.37. The van der Waals surface area contributed by atoms with Crippen LogP contribution in [-0.2, 0) is 0 Å². The van der Waals surface area contributed by atoms with Gasteiger partial charge in [-0.1, -0.05) is 29.3 Å². The molecule has 4 heteroatoms. The van der Waals surface area contributed by atoms with Crippen LogP contribution in [0.2, 0.25) is 5.02 Å². The molecule has 114 valence electrons. The Morgan fingerprint density at radius 1 is 1.09 bits per heavy atom. The van der Waals surface area contributed by atoms with Crippen LogP contribution in [0, 0.1) is 6.92 Å². The third-order valence-electron chi connectivity index (χ3n) is 3.97. The van der Waals surface area contributed by atoms with Gasteiger partial charge >= 0.3 is 0 Å². The number of aryl methyl sites for hydroxylation is 1. The van der Waals surface area contributed by atoms with E-state index in [1.54, 1.807) is 0 Å². The lowest BCUT2D eigenvalue weighted by atomic mass is 10.1. The second-order valence-corrected chi connectivity index (χ2v) is 6.09. The fraction of sp³-hybridized carbons (Fsp3) is 0.278. The Kier molecular flexibility index (Phi) is 4.34. The highest BCUT2D eigenvalue weighted by atomic mass is 35.5. The normalized spacial score (nSPS) is 14.2. The predicted octanol–water partition coefficient (Wildman–Crippen LogP) is 4.50. The molecular formula is C18H19ClN2O. The van der Waals surface area contributed by atoms with Crippen LogP contribution in [0.15, 0.2) is 42.5 Å². The Bertz CT molecular complexity index is 676. The first kappa shape index (κ1) is 14.9. The van der Waals surface area contributed by atoms with Crippen molar-refractivity contribution in [3.05, 3.63) is 58.6 Å². The molecule has 0 aliphatic carbocycles. The molecule has 3 rings (SSSR count). The highest BCUT2D eigenvalue weighted by molar-refractivity contribution is 6.33. The molecule has 1 fully saturated rings. The number of amides is 1. The fourth-order valence-corrected chi connectivity index (χ4v) is 3.01. The van der Waals surface area contributed by atoms with Crippen LogP contribution in [0.4, 0.5) is 11.4 Å². The van der Waals surface area contributed by atoms with Crippen LogP contribution in [0.5, 0.6) is 0 Å². The van der Waals surface area contributed by atoms with Gasteiger partial charge in [-0.3, -0.25) is 4.79 Å². The molecule has 1 aliphatic heterocycles. The topological polar surface area (TPSA) is 32.3 Å². The SMILES string of the molecule is Cc1ccc(C(=O)Nc2ccc(N3CCCC3)c(Cl)c2)cc1. The molecule has 0 radical (unpaired) electrons. The summed E-state index contributed by atoms with van der Waals surface area (Å²) in [6.45, 7) is 4.10. The van der Waals surface area contributed by atoms with Gasteiger partial charge in [0.2, 0.25) is 0 Å². The molecule has 0 unspecified atom stereocenters. The summed E-state index contributed by atoms with van der Waals surface area (Å²) in [5, 5.41) is 3.58. The zero-order valence-corrected chi connectivity index (χ0v) is 13.4. The van der Waals surface area contributed by atoms with Crippen molar-refractivity contribution in [3.63, 3.8) is 0 Å². The fourth-order valence-electron chi connectivity index (χ4n) is 2.71. The minimum absolute atomic E-state index is 0.120. The summed E-state index contributed by atoms with van der Waals surface area (Å²) in [4.78, 5) is 14.5. The molecule has 1 amide bonds. The van der Waals surface area contributed by atoms with E-state index in [1.165, 1.54) is 12.8 Å². The van der Waals surface area contributed by atoms with E-state index in [1.807, 2.05) is 49.4 Å². The summed E-state index contributed by atoms with van der Waals surface area (Å²) < 4.78 is 0. The average molecular weight is 315 g/mol. The van der Waals surface area contributed by atoms with Gasteiger partial charge in [0.25, 0.3) is 5.91 Å². The molecule has 0 aromatic heterocycles. The van der Waals surface area contributed by atoms with Crippen molar-refractivity contribution in [3.8, 4) is 0 Å². The van der Waals surface area contributed by atoms with Crippen molar-refractivity contribution >= 4 is 28.9 Å². The third-order valence-corrected chi connectivity index (χ3v) is 4.27. The lowest BCUT2D eigenvalue weighted by molar-refractivity contribution is 0.102. The molecule has 1 saturated heterocycles. The molecule has 0 bridgehead atoms. The second kappa shape index (κ2) is 6.41. The minimum atomic E-state index is -0.120. The van der Waals surface area contributed by atoms with Gasteiger partial charge in [0.1, 0.15) is 0 Å². The van der Waals surface area contributed by atoms with Crippen LogP contribution >= 0.6 is 11.6 Å². The average Bonchev–Trinajstić information content (AvgIpc) is 3.02. The maximum Gasteiger partial charge on any atom is 0.255 e. The first-order chi connectivity index (χ1) is 10.6. The van der Waals surface area contributed by atoms with Gasteiger partial charge in [0.15, 0.2) is 0 Å². The van der Waals surface area contributed by atoms with Crippen LogP contribution < -0.4 is 10.2 Å².